The zero-order valence-corrected chi connectivity index (χ0v) is 20.2. The van der Waals surface area contributed by atoms with Gasteiger partial charge in [0.15, 0.2) is 0 Å². The first-order valence-electron chi connectivity index (χ1n) is 11.6. The van der Waals surface area contributed by atoms with E-state index in [4.69, 9.17) is 8.60 Å². The first kappa shape index (κ1) is 25.8. The molecule has 0 radical (unpaired) electrons. The summed E-state index contributed by atoms with van der Waals surface area (Å²) in [6.07, 6.45) is 1.77. The second-order valence-corrected chi connectivity index (χ2v) is 10.4. The molecule has 36 heavy (non-hydrogen) atoms. The maximum Gasteiger partial charge on any atom is 0.416 e. The standard InChI is InChI=1S/C26H26F3NO5S/c27-26(28,29)21-8-4-10-24(16-21)36(32,33)35-22-13-11-19(12-14-22)17-30(18-23-9-5-15-34-23)25(31)20-6-2-1-3-7-20/h4-5,8-16,20H,1-3,6-7,17-18H2. The van der Waals surface area contributed by atoms with E-state index in [0.29, 0.717) is 18.4 Å². The van der Waals surface area contributed by atoms with Crippen LogP contribution in [0.3, 0.4) is 0 Å². The maximum absolute atomic E-state index is 13.2. The Hall–Kier alpha value is -3.27. The first-order chi connectivity index (χ1) is 17.1. The zero-order valence-electron chi connectivity index (χ0n) is 19.4. The lowest BCUT2D eigenvalue weighted by Gasteiger charge is -2.29. The molecule has 0 saturated heterocycles. The molecule has 1 heterocycles. The molecule has 2 aromatic carbocycles. The molecule has 10 heteroatoms. The predicted octanol–water partition coefficient (Wildman–Crippen LogP) is 6.18. The number of alkyl halides is 3. The molecule has 3 aromatic rings. The number of carbonyl (C=O) groups excluding carboxylic acids is 1. The minimum absolute atomic E-state index is 0.0334. The van der Waals surface area contributed by atoms with Crippen molar-refractivity contribution >= 4 is 16.0 Å². The molecule has 1 fully saturated rings. The zero-order chi connectivity index (χ0) is 25.8. The number of amides is 1. The Labute approximate surface area is 207 Å². The van der Waals surface area contributed by atoms with Crippen molar-refractivity contribution in [3.05, 3.63) is 83.8 Å². The number of halogens is 3. The molecule has 192 valence electrons. The second-order valence-electron chi connectivity index (χ2n) is 8.82. The SMILES string of the molecule is O=C(C1CCCCC1)N(Cc1ccc(OS(=O)(=O)c2cccc(C(F)(F)F)c2)cc1)Cc1ccco1. The minimum Gasteiger partial charge on any atom is -0.467 e. The van der Waals surface area contributed by atoms with Crippen molar-refractivity contribution < 1.29 is 35.0 Å². The molecule has 1 saturated carbocycles. The van der Waals surface area contributed by atoms with Gasteiger partial charge in [-0.3, -0.25) is 4.79 Å². The van der Waals surface area contributed by atoms with E-state index in [1.165, 1.54) is 12.1 Å². The van der Waals surface area contributed by atoms with Crippen LogP contribution in [0.1, 0.15) is 49.0 Å². The van der Waals surface area contributed by atoms with Gasteiger partial charge in [-0.15, -0.1) is 0 Å². The van der Waals surface area contributed by atoms with E-state index in [9.17, 15) is 26.4 Å². The lowest BCUT2D eigenvalue weighted by Crippen LogP contribution is -2.36. The summed E-state index contributed by atoms with van der Waals surface area (Å²) in [5, 5.41) is 0. The summed E-state index contributed by atoms with van der Waals surface area (Å²) < 4.78 is 74.4. The first-order valence-corrected chi connectivity index (χ1v) is 13.0. The summed E-state index contributed by atoms with van der Waals surface area (Å²) in [6, 6.07) is 13.0. The summed E-state index contributed by atoms with van der Waals surface area (Å²) >= 11 is 0. The van der Waals surface area contributed by atoms with Crippen molar-refractivity contribution in [2.75, 3.05) is 0 Å². The molecule has 1 aliphatic rings. The highest BCUT2D eigenvalue weighted by Gasteiger charge is 2.32. The van der Waals surface area contributed by atoms with Crippen LogP contribution in [-0.4, -0.2) is 19.2 Å². The van der Waals surface area contributed by atoms with Crippen molar-refractivity contribution in [3.63, 3.8) is 0 Å². The largest absolute Gasteiger partial charge is 0.467 e. The number of hydrogen-bond donors (Lipinski definition) is 0. The molecule has 0 spiro atoms. The van der Waals surface area contributed by atoms with Gasteiger partial charge in [0.25, 0.3) is 0 Å². The normalized spacial score (nSPS) is 15.0. The van der Waals surface area contributed by atoms with Crippen LogP contribution < -0.4 is 4.18 Å². The Morgan fingerprint density at radius 1 is 0.972 bits per heavy atom. The highest BCUT2D eigenvalue weighted by atomic mass is 32.2. The third kappa shape index (κ3) is 6.48. The van der Waals surface area contributed by atoms with E-state index < -0.39 is 26.8 Å². The van der Waals surface area contributed by atoms with Crippen LogP contribution in [0.15, 0.2) is 76.2 Å². The molecule has 0 unspecified atom stereocenters. The fourth-order valence-corrected chi connectivity index (χ4v) is 5.26. The van der Waals surface area contributed by atoms with Crippen molar-refractivity contribution in [2.45, 2.75) is 56.3 Å². The van der Waals surface area contributed by atoms with Gasteiger partial charge in [-0.2, -0.15) is 21.6 Å². The number of carbonyl (C=O) groups is 1. The predicted molar refractivity (Wildman–Crippen MR) is 125 cm³/mol. The van der Waals surface area contributed by atoms with Crippen LogP contribution in [0.5, 0.6) is 5.75 Å². The quantitative estimate of drug-likeness (QED) is 0.331. The Morgan fingerprint density at radius 3 is 2.33 bits per heavy atom. The lowest BCUT2D eigenvalue weighted by molar-refractivity contribution is -0.138. The van der Waals surface area contributed by atoms with Gasteiger partial charge in [-0.05, 0) is 60.9 Å². The third-order valence-corrected chi connectivity index (χ3v) is 7.39. The van der Waals surface area contributed by atoms with Gasteiger partial charge in [0.1, 0.15) is 16.4 Å². The van der Waals surface area contributed by atoms with Crippen LogP contribution in [-0.2, 0) is 34.2 Å². The molecule has 4 rings (SSSR count). The Balaban J connectivity index is 1.47. The topological polar surface area (TPSA) is 76.8 Å². The van der Waals surface area contributed by atoms with Crippen molar-refractivity contribution in [3.8, 4) is 5.75 Å². The number of furan rings is 1. The van der Waals surface area contributed by atoms with E-state index >= 15 is 0 Å². The maximum atomic E-state index is 13.2. The Kier molecular flexibility index (Phi) is 7.73. The second kappa shape index (κ2) is 10.8. The minimum atomic E-state index is -4.68. The molecule has 1 aliphatic carbocycles. The van der Waals surface area contributed by atoms with Gasteiger partial charge in [-0.25, -0.2) is 0 Å². The molecule has 6 nitrogen and oxygen atoms in total. The fourth-order valence-electron chi connectivity index (χ4n) is 4.28. The van der Waals surface area contributed by atoms with Gasteiger partial charge in [0.2, 0.25) is 5.91 Å². The molecule has 1 amide bonds. The van der Waals surface area contributed by atoms with E-state index in [1.54, 1.807) is 35.4 Å². The van der Waals surface area contributed by atoms with E-state index in [-0.39, 0.29) is 24.1 Å². The van der Waals surface area contributed by atoms with Crippen LogP contribution in [0.25, 0.3) is 0 Å². The molecule has 1 aromatic heterocycles. The molecule has 0 bridgehead atoms. The average molecular weight is 522 g/mol. The number of benzene rings is 2. The molecule has 0 atom stereocenters. The lowest BCUT2D eigenvalue weighted by atomic mass is 9.88. The van der Waals surface area contributed by atoms with E-state index in [2.05, 4.69) is 0 Å². The van der Waals surface area contributed by atoms with Crippen LogP contribution in [0, 0.1) is 5.92 Å². The van der Waals surface area contributed by atoms with Gasteiger partial charge < -0.3 is 13.5 Å². The van der Waals surface area contributed by atoms with Crippen molar-refractivity contribution in [1.29, 1.82) is 0 Å². The summed E-state index contributed by atoms with van der Waals surface area (Å²) in [5.74, 6) is 0.631. The number of nitrogens with zero attached hydrogens (tertiary/aromatic N) is 1. The monoisotopic (exact) mass is 521 g/mol. The molecule has 0 aliphatic heterocycles. The smallest absolute Gasteiger partial charge is 0.416 e. The summed E-state index contributed by atoms with van der Waals surface area (Å²) in [4.78, 5) is 14.4. The molecular weight excluding hydrogens is 495 g/mol. The summed E-state index contributed by atoms with van der Waals surface area (Å²) in [7, 11) is -4.47. The van der Waals surface area contributed by atoms with Crippen molar-refractivity contribution in [2.24, 2.45) is 5.92 Å². The van der Waals surface area contributed by atoms with Gasteiger partial charge >= 0.3 is 16.3 Å². The van der Waals surface area contributed by atoms with Gasteiger partial charge in [0.05, 0.1) is 18.4 Å². The van der Waals surface area contributed by atoms with Crippen LogP contribution in [0.2, 0.25) is 0 Å². The number of hydrogen-bond acceptors (Lipinski definition) is 5. The molecule has 0 N–H and O–H groups in total. The van der Waals surface area contributed by atoms with Gasteiger partial charge in [-0.1, -0.05) is 37.5 Å². The molecular formula is C26H26F3NO5S. The fraction of sp³-hybridized carbons (Fsp3) is 0.346. The van der Waals surface area contributed by atoms with Gasteiger partial charge in [0, 0.05) is 12.5 Å². The highest BCUT2D eigenvalue weighted by molar-refractivity contribution is 7.87. The summed E-state index contributed by atoms with van der Waals surface area (Å²) in [5.41, 5.74) is -0.337. The van der Waals surface area contributed by atoms with E-state index in [1.807, 2.05) is 0 Å². The van der Waals surface area contributed by atoms with Crippen LogP contribution in [0.4, 0.5) is 13.2 Å². The summed E-state index contributed by atoms with van der Waals surface area (Å²) in [6.45, 7) is 0.598. The Bertz CT molecular complexity index is 1270. The Morgan fingerprint density at radius 2 is 1.69 bits per heavy atom. The third-order valence-electron chi connectivity index (χ3n) is 6.15. The highest BCUT2D eigenvalue weighted by Crippen LogP contribution is 2.31. The number of rotatable bonds is 8. The van der Waals surface area contributed by atoms with Crippen molar-refractivity contribution in [1.82, 2.24) is 4.90 Å². The van der Waals surface area contributed by atoms with Crippen LogP contribution >= 0.6 is 0 Å². The average Bonchev–Trinajstić information content (AvgIpc) is 3.37. The van der Waals surface area contributed by atoms with E-state index in [0.717, 1.165) is 55.9 Å².